The van der Waals surface area contributed by atoms with Crippen molar-refractivity contribution in [1.29, 1.82) is 0 Å². The molecule has 0 bridgehead atoms. The maximum Gasteiger partial charge on any atom is 0.407 e. The fraction of sp³-hybridized carbons (Fsp3) is 0.417. The summed E-state index contributed by atoms with van der Waals surface area (Å²) in [6.45, 7) is 0.256. The Kier molecular flexibility index (Phi) is 5.60. The van der Waals surface area contributed by atoms with Gasteiger partial charge in [-0.25, -0.2) is 22.3 Å². The largest absolute Gasteiger partial charge is 0.447 e. The number of hydrogen-bond donors (Lipinski definition) is 2. The van der Waals surface area contributed by atoms with Gasteiger partial charge in [-0.2, -0.15) is 0 Å². The molecule has 2 N–H and O–H groups in total. The van der Waals surface area contributed by atoms with Gasteiger partial charge in [-0.15, -0.1) is 0 Å². The van der Waals surface area contributed by atoms with E-state index in [2.05, 4.69) is 10.0 Å². The van der Waals surface area contributed by atoms with Crippen LogP contribution in [0.25, 0.3) is 11.1 Å². The van der Waals surface area contributed by atoms with Gasteiger partial charge in [-0.05, 0) is 30.4 Å². The van der Waals surface area contributed by atoms with Crippen LogP contribution in [0.4, 0.5) is 9.18 Å². The van der Waals surface area contributed by atoms with Crippen LogP contribution in [0.1, 0.15) is 18.4 Å². The fourth-order valence-corrected chi connectivity index (χ4v) is 6.07. The minimum atomic E-state index is -3.58. The first kappa shape index (κ1) is 22.8. The Bertz CT molecular complexity index is 1230. The summed E-state index contributed by atoms with van der Waals surface area (Å²) in [5.74, 6) is -0.743. The molecule has 10 heteroatoms. The van der Waals surface area contributed by atoms with Crippen LogP contribution >= 0.6 is 0 Å². The van der Waals surface area contributed by atoms with Crippen LogP contribution < -0.4 is 10.0 Å². The summed E-state index contributed by atoms with van der Waals surface area (Å²) in [6, 6.07) is 12.3. The number of ether oxygens (including phenoxy) is 1. The lowest BCUT2D eigenvalue weighted by molar-refractivity contribution is -0.134. The molecule has 3 atom stereocenters. The number of alkyl carbamates (subject to hydrolysis) is 1. The van der Waals surface area contributed by atoms with Crippen molar-refractivity contribution in [3.8, 4) is 11.1 Å². The smallest absolute Gasteiger partial charge is 0.407 e. The van der Waals surface area contributed by atoms with Crippen molar-refractivity contribution in [2.75, 3.05) is 19.4 Å². The predicted molar refractivity (Wildman–Crippen MR) is 123 cm³/mol. The van der Waals surface area contributed by atoms with E-state index in [1.807, 2.05) is 30.3 Å². The van der Waals surface area contributed by atoms with E-state index in [0.717, 1.165) is 24.7 Å². The first-order chi connectivity index (χ1) is 16.2. The summed E-state index contributed by atoms with van der Waals surface area (Å²) in [7, 11) is -3.58. The highest BCUT2D eigenvalue weighted by atomic mass is 32.2. The number of halogens is 1. The van der Waals surface area contributed by atoms with Gasteiger partial charge in [0.15, 0.2) is 0 Å². The summed E-state index contributed by atoms with van der Waals surface area (Å²) >= 11 is 0. The van der Waals surface area contributed by atoms with Gasteiger partial charge in [0, 0.05) is 23.6 Å². The molecule has 0 radical (unpaired) electrons. The van der Waals surface area contributed by atoms with Crippen LogP contribution in [0.5, 0.6) is 0 Å². The van der Waals surface area contributed by atoms with Crippen LogP contribution in [-0.2, 0) is 26.0 Å². The summed E-state index contributed by atoms with van der Waals surface area (Å²) in [6.07, 6.45) is 2.09. The second-order valence-corrected chi connectivity index (χ2v) is 11.2. The fourth-order valence-electron chi connectivity index (χ4n) is 5.20. The zero-order valence-corrected chi connectivity index (χ0v) is 19.5. The molecule has 0 aromatic heterocycles. The van der Waals surface area contributed by atoms with E-state index in [0.29, 0.717) is 17.7 Å². The third kappa shape index (κ3) is 4.27. The lowest BCUT2D eigenvalue weighted by Crippen LogP contribution is -2.53. The normalized spacial score (nSPS) is 25.3. The molecule has 2 aromatic rings. The van der Waals surface area contributed by atoms with Crippen molar-refractivity contribution >= 4 is 22.0 Å². The molecule has 2 saturated heterocycles. The molecule has 1 aliphatic carbocycles. The molecule has 1 saturated carbocycles. The number of nitrogens with one attached hydrogen (secondary N) is 2. The van der Waals surface area contributed by atoms with Crippen LogP contribution in [0.2, 0.25) is 0 Å². The molecule has 3 aliphatic rings. The Hall–Kier alpha value is -2.98. The maximum atomic E-state index is 15.6. The highest BCUT2D eigenvalue weighted by Crippen LogP contribution is 2.55. The first-order valence-corrected chi connectivity index (χ1v) is 13.1. The number of carbonyl (C=O) groups is 2. The van der Waals surface area contributed by atoms with Crippen LogP contribution in [0.15, 0.2) is 48.5 Å². The van der Waals surface area contributed by atoms with E-state index in [4.69, 9.17) is 4.74 Å². The van der Waals surface area contributed by atoms with Gasteiger partial charge in [0.05, 0.1) is 12.3 Å². The highest BCUT2D eigenvalue weighted by molar-refractivity contribution is 7.88. The Morgan fingerprint density at radius 3 is 2.56 bits per heavy atom. The van der Waals surface area contributed by atoms with Gasteiger partial charge in [-0.3, -0.25) is 4.79 Å². The molecule has 2 aromatic carbocycles. The molecule has 2 amide bonds. The summed E-state index contributed by atoms with van der Waals surface area (Å²) < 4.78 is 47.7. The van der Waals surface area contributed by atoms with E-state index in [-0.39, 0.29) is 24.3 Å². The summed E-state index contributed by atoms with van der Waals surface area (Å²) in [5.41, 5.74) is 1.19. The number of likely N-dealkylation sites (tertiary alicyclic amines) is 1. The van der Waals surface area contributed by atoms with E-state index < -0.39 is 40.1 Å². The number of sulfonamides is 1. The zero-order valence-electron chi connectivity index (χ0n) is 18.7. The van der Waals surface area contributed by atoms with Crippen LogP contribution in [-0.4, -0.2) is 62.9 Å². The molecular weight excluding hydrogens is 461 g/mol. The molecule has 180 valence electrons. The quantitative estimate of drug-likeness (QED) is 0.649. The Balaban J connectivity index is 1.50. The molecule has 8 nitrogen and oxygen atoms in total. The molecule has 3 fully saturated rings. The van der Waals surface area contributed by atoms with Crippen molar-refractivity contribution in [2.45, 2.75) is 37.4 Å². The highest BCUT2D eigenvalue weighted by Gasteiger charge is 2.61. The Morgan fingerprint density at radius 2 is 1.94 bits per heavy atom. The monoisotopic (exact) mass is 487 g/mol. The minimum Gasteiger partial charge on any atom is -0.447 e. The van der Waals surface area contributed by atoms with Crippen molar-refractivity contribution in [1.82, 2.24) is 14.9 Å². The van der Waals surface area contributed by atoms with Crippen molar-refractivity contribution in [2.24, 2.45) is 5.41 Å². The molecule has 0 unspecified atom stereocenters. The lowest BCUT2D eigenvalue weighted by Gasteiger charge is -2.30. The number of amides is 2. The molecule has 2 heterocycles. The van der Waals surface area contributed by atoms with E-state index in [9.17, 15) is 18.0 Å². The van der Waals surface area contributed by atoms with E-state index in [1.165, 1.54) is 0 Å². The average molecular weight is 488 g/mol. The topological polar surface area (TPSA) is 105 Å². The summed E-state index contributed by atoms with van der Waals surface area (Å²) in [5, 5.41) is 2.50. The number of cyclic esters (lactones) is 1. The minimum absolute atomic E-state index is 0.0874. The SMILES string of the molecule is CS(=O)(=O)N[C@@H]1[C@H](Cc2cccc(-c3ccccc3)c2F)N(C(=O)[C@H]2COC(=O)N2)CC12CC2. The zero-order chi connectivity index (χ0) is 24.1. The van der Waals surface area contributed by atoms with Gasteiger partial charge < -0.3 is 15.0 Å². The molecule has 5 rings (SSSR count). The molecule has 34 heavy (non-hydrogen) atoms. The van der Waals surface area contributed by atoms with Gasteiger partial charge in [0.2, 0.25) is 15.9 Å². The van der Waals surface area contributed by atoms with Gasteiger partial charge in [0.25, 0.3) is 0 Å². The third-order valence-electron chi connectivity index (χ3n) is 7.01. The maximum absolute atomic E-state index is 15.6. The predicted octanol–water partition coefficient (Wildman–Crippen LogP) is 2.05. The molecular formula is C24H26FN3O5S. The van der Waals surface area contributed by atoms with Crippen molar-refractivity contribution in [3.05, 3.63) is 59.9 Å². The van der Waals surface area contributed by atoms with Crippen molar-refractivity contribution < 1.29 is 27.1 Å². The van der Waals surface area contributed by atoms with Gasteiger partial charge in [-0.1, -0.05) is 48.5 Å². The third-order valence-corrected chi connectivity index (χ3v) is 7.69. The van der Waals surface area contributed by atoms with E-state index in [1.54, 1.807) is 23.1 Å². The summed E-state index contributed by atoms with van der Waals surface area (Å²) in [4.78, 5) is 26.5. The average Bonchev–Trinajstić information content (AvgIpc) is 3.36. The van der Waals surface area contributed by atoms with Crippen molar-refractivity contribution in [3.63, 3.8) is 0 Å². The lowest BCUT2D eigenvalue weighted by atomic mass is 9.91. The van der Waals surface area contributed by atoms with E-state index >= 15 is 4.39 Å². The number of rotatable bonds is 6. The number of hydrogen-bond acceptors (Lipinski definition) is 5. The first-order valence-electron chi connectivity index (χ1n) is 11.2. The standard InChI is InChI=1S/C24H26FN3O5S/c1-34(31,32)27-21-19(12-16-8-5-9-17(20(16)25)15-6-3-2-4-7-15)28(14-24(21)10-11-24)22(29)18-13-33-23(30)26-18/h2-9,18-19,21,27H,10-14H2,1H3,(H,26,30)/t18-,19+,21-/m1/s1. The molecule has 2 aliphatic heterocycles. The number of benzene rings is 2. The second-order valence-electron chi connectivity index (χ2n) is 9.41. The van der Waals surface area contributed by atoms with Gasteiger partial charge >= 0.3 is 6.09 Å². The van der Waals surface area contributed by atoms with Crippen LogP contribution in [0.3, 0.4) is 0 Å². The number of nitrogens with zero attached hydrogens (tertiary/aromatic N) is 1. The Labute approximate surface area is 197 Å². The number of carbonyl (C=O) groups excluding carboxylic acids is 2. The molecule has 1 spiro atoms. The van der Waals surface area contributed by atoms with Crippen LogP contribution in [0, 0.1) is 11.2 Å². The van der Waals surface area contributed by atoms with Gasteiger partial charge in [0.1, 0.15) is 18.5 Å². The Morgan fingerprint density at radius 1 is 1.21 bits per heavy atom. The second kappa shape index (κ2) is 8.35.